The largest absolute Gasteiger partial charge is 0.326 e. The Morgan fingerprint density at radius 3 is 2.35 bits per heavy atom. The molecule has 2 aromatic rings. The molecule has 0 radical (unpaired) electrons. The van der Waals surface area contributed by atoms with E-state index in [1.54, 1.807) is 11.8 Å². The number of hydrogen-bond donors (Lipinski definition) is 1. The smallest absolute Gasteiger partial charge is 0.0495 e. The molecule has 2 unspecified atom stereocenters. The first-order valence-corrected chi connectivity index (χ1v) is 8.17. The third-order valence-electron chi connectivity index (χ3n) is 3.12. The summed E-state index contributed by atoms with van der Waals surface area (Å²) in [4.78, 5) is 1.13. The predicted octanol–water partition coefficient (Wildman–Crippen LogP) is 5.56. The van der Waals surface area contributed by atoms with Gasteiger partial charge in [0.05, 0.1) is 0 Å². The van der Waals surface area contributed by atoms with Crippen molar-refractivity contribution < 1.29 is 0 Å². The Morgan fingerprint density at radius 2 is 1.75 bits per heavy atom. The van der Waals surface area contributed by atoms with Crippen LogP contribution in [0.25, 0.3) is 0 Å². The van der Waals surface area contributed by atoms with Gasteiger partial charge in [-0.3, -0.25) is 0 Å². The van der Waals surface area contributed by atoms with Crippen LogP contribution < -0.4 is 5.73 Å². The molecule has 0 aliphatic carbocycles. The second kappa shape index (κ2) is 7.37. The topological polar surface area (TPSA) is 26.0 Å². The molecule has 0 fully saturated rings. The molecule has 0 aromatic heterocycles. The molecule has 0 saturated heterocycles. The van der Waals surface area contributed by atoms with E-state index < -0.39 is 0 Å². The summed E-state index contributed by atoms with van der Waals surface area (Å²) < 4.78 is 0. The Bertz CT molecular complexity index is 557. The average molecular weight is 326 g/mol. The lowest BCUT2D eigenvalue weighted by molar-refractivity contribution is 0.634. The van der Waals surface area contributed by atoms with Crippen molar-refractivity contribution in [3.8, 4) is 0 Å². The highest BCUT2D eigenvalue weighted by atomic mass is 35.5. The van der Waals surface area contributed by atoms with Crippen LogP contribution in [0, 0.1) is 0 Å². The number of rotatable bonds is 5. The van der Waals surface area contributed by atoms with Gasteiger partial charge >= 0.3 is 0 Å². The summed E-state index contributed by atoms with van der Waals surface area (Å²) in [5.74, 6) is 0. The van der Waals surface area contributed by atoms with Crippen molar-refractivity contribution >= 4 is 35.0 Å². The van der Waals surface area contributed by atoms with Crippen LogP contribution in [0.15, 0.2) is 53.4 Å². The van der Waals surface area contributed by atoms with E-state index in [2.05, 4.69) is 13.0 Å². The van der Waals surface area contributed by atoms with Crippen molar-refractivity contribution in [2.24, 2.45) is 5.73 Å². The van der Waals surface area contributed by atoms with Crippen molar-refractivity contribution in [1.82, 2.24) is 0 Å². The van der Waals surface area contributed by atoms with E-state index in [-0.39, 0.29) is 11.3 Å². The highest BCUT2D eigenvalue weighted by molar-refractivity contribution is 7.99. The maximum Gasteiger partial charge on any atom is 0.0495 e. The number of halogens is 2. The molecule has 0 saturated carbocycles. The van der Waals surface area contributed by atoms with Gasteiger partial charge in [-0.05, 0) is 42.3 Å². The van der Waals surface area contributed by atoms with Crippen molar-refractivity contribution in [2.75, 3.05) is 0 Å². The van der Waals surface area contributed by atoms with Crippen LogP contribution in [0.5, 0.6) is 0 Å². The average Bonchev–Trinajstić information content (AvgIpc) is 2.45. The molecule has 0 spiro atoms. The zero-order chi connectivity index (χ0) is 14.5. The molecule has 0 aliphatic rings. The first kappa shape index (κ1) is 15.7. The summed E-state index contributed by atoms with van der Waals surface area (Å²) >= 11 is 13.7. The van der Waals surface area contributed by atoms with E-state index in [1.807, 2.05) is 42.5 Å². The molecule has 2 N–H and O–H groups in total. The van der Waals surface area contributed by atoms with E-state index in [4.69, 9.17) is 28.9 Å². The Balaban J connectivity index is 2.26. The summed E-state index contributed by atoms with van der Waals surface area (Å²) in [6.45, 7) is 2.10. The summed E-state index contributed by atoms with van der Waals surface area (Å²) in [7, 11) is 0. The van der Waals surface area contributed by atoms with Gasteiger partial charge in [-0.2, -0.15) is 0 Å². The number of hydrogen-bond acceptors (Lipinski definition) is 2. The highest BCUT2D eigenvalue weighted by Gasteiger charge is 2.20. The van der Waals surface area contributed by atoms with E-state index >= 15 is 0 Å². The fourth-order valence-corrected chi connectivity index (χ4v) is 3.64. The quantitative estimate of drug-likeness (QED) is 0.728. The van der Waals surface area contributed by atoms with Crippen LogP contribution in [0.2, 0.25) is 10.0 Å². The van der Waals surface area contributed by atoms with Crippen molar-refractivity contribution in [3.05, 3.63) is 64.1 Å². The molecule has 1 nitrogen and oxygen atoms in total. The summed E-state index contributed by atoms with van der Waals surface area (Å²) in [5.41, 5.74) is 7.48. The second-order valence-corrected chi connectivity index (χ2v) is 6.71. The molecule has 0 amide bonds. The van der Waals surface area contributed by atoms with Gasteiger partial charge in [0, 0.05) is 26.2 Å². The first-order valence-electron chi connectivity index (χ1n) is 6.53. The van der Waals surface area contributed by atoms with Gasteiger partial charge in [0.1, 0.15) is 0 Å². The molecular formula is C16H17Cl2NS. The van der Waals surface area contributed by atoms with E-state index in [0.29, 0.717) is 0 Å². The predicted molar refractivity (Wildman–Crippen MR) is 89.8 cm³/mol. The van der Waals surface area contributed by atoms with Crippen LogP contribution in [0.1, 0.15) is 24.2 Å². The normalized spacial score (nSPS) is 14.0. The minimum absolute atomic E-state index is 0.0835. The summed E-state index contributed by atoms with van der Waals surface area (Å²) in [6, 6.07) is 15.8. The number of nitrogens with two attached hydrogens (primary N) is 1. The zero-order valence-corrected chi connectivity index (χ0v) is 13.6. The van der Waals surface area contributed by atoms with Crippen LogP contribution in [-0.2, 0) is 0 Å². The standard InChI is InChI=1S/C16H17Cl2NS/c1-2-15(19)16(11-6-8-12(17)9-7-11)20-14-5-3-4-13(18)10-14/h3-10,15-16H,2,19H2,1H3. The van der Waals surface area contributed by atoms with Crippen LogP contribution >= 0.6 is 35.0 Å². The van der Waals surface area contributed by atoms with Gasteiger partial charge in [-0.15, -0.1) is 11.8 Å². The fourth-order valence-electron chi connectivity index (χ4n) is 1.96. The Kier molecular flexibility index (Phi) is 5.79. The van der Waals surface area contributed by atoms with E-state index in [1.165, 1.54) is 5.56 Å². The Labute approximate surface area is 134 Å². The van der Waals surface area contributed by atoms with E-state index in [9.17, 15) is 0 Å². The van der Waals surface area contributed by atoms with Crippen LogP contribution in [0.3, 0.4) is 0 Å². The number of thioether (sulfide) groups is 1. The third kappa shape index (κ3) is 4.16. The van der Waals surface area contributed by atoms with Gasteiger partial charge in [0.15, 0.2) is 0 Å². The molecule has 0 heterocycles. The van der Waals surface area contributed by atoms with E-state index in [0.717, 1.165) is 21.4 Å². The lowest BCUT2D eigenvalue weighted by Crippen LogP contribution is -2.25. The SMILES string of the molecule is CCC(N)C(Sc1cccc(Cl)c1)c1ccc(Cl)cc1. The second-order valence-electron chi connectivity index (χ2n) is 4.62. The maximum atomic E-state index is 6.29. The van der Waals surface area contributed by atoms with Gasteiger partial charge < -0.3 is 5.73 Å². The van der Waals surface area contributed by atoms with Gasteiger partial charge in [-0.25, -0.2) is 0 Å². The molecule has 20 heavy (non-hydrogen) atoms. The molecule has 0 aliphatic heterocycles. The summed E-state index contributed by atoms with van der Waals surface area (Å²) in [6.07, 6.45) is 0.918. The van der Waals surface area contributed by atoms with Crippen molar-refractivity contribution in [2.45, 2.75) is 29.5 Å². The van der Waals surface area contributed by atoms with Gasteiger partial charge in [-0.1, -0.05) is 48.3 Å². The first-order chi connectivity index (χ1) is 9.60. The Morgan fingerprint density at radius 1 is 1.05 bits per heavy atom. The highest BCUT2D eigenvalue weighted by Crippen LogP contribution is 2.39. The molecule has 106 valence electrons. The number of benzene rings is 2. The van der Waals surface area contributed by atoms with Crippen LogP contribution in [-0.4, -0.2) is 6.04 Å². The van der Waals surface area contributed by atoms with Gasteiger partial charge in [0.25, 0.3) is 0 Å². The molecule has 0 bridgehead atoms. The maximum absolute atomic E-state index is 6.29. The monoisotopic (exact) mass is 325 g/mol. The lowest BCUT2D eigenvalue weighted by Gasteiger charge is -2.23. The van der Waals surface area contributed by atoms with Crippen molar-refractivity contribution in [1.29, 1.82) is 0 Å². The summed E-state index contributed by atoms with van der Waals surface area (Å²) in [5, 5.41) is 1.68. The molecule has 2 atom stereocenters. The minimum Gasteiger partial charge on any atom is -0.326 e. The van der Waals surface area contributed by atoms with Gasteiger partial charge in [0.2, 0.25) is 0 Å². The third-order valence-corrected chi connectivity index (χ3v) is 5.01. The molecule has 2 rings (SSSR count). The molecular weight excluding hydrogens is 309 g/mol. The molecule has 4 heteroatoms. The van der Waals surface area contributed by atoms with Crippen LogP contribution in [0.4, 0.5) is 0 Å². The van der Waals surface area contributed by atoms with Crippen molar-refractivity contribution in [3.63, 3.8) is 0 Å². The minimum atomic E-state index is 0.0835. The zero-order valence-electron chi connectivity index (χ0n) is 11.2. The fraction of sp³-hybridized carbons (Fsp3) is 0.250. The molecule has 2 aromatic carbocycles. The Hall–Kier alpha value is -0.670. The lowest BCUT2D eigenvalue weighted by atomic mass is 10.0.